The number of fused-ring (bicyclic) bond motifs is 1. The first-order chi connectivity index (χ1) is 5.79. The highest BCUT2D eigenvalue weighted by Crippen LogP contribution is 2.31. The Morgan fingerprint density at radius 3 is 2.92 bits per heavy atom. The second-order valence-electron chi connectivity index (χ2n) is 2.96. The number of phenolic OH excluding ortho intramolecular Hbond substituents is 1. The Balaban J connectivity index is 0.000000845. The molecule has 0 unspecified atom stereocenters. The lowest BCUT2D eigenvalue weighted by Gasteiger charge is -2.18. The molecule has 2 N–H and O–H groups in total. The Hall–Kier alpha value is -0.250. The number of halogens is 2. The van der Waals surface area contributed by atoms with Crippen LogP contribution in [0.25, 0.3) is 0 Å². The number of hydrogen-bond donors (Lipinski definition) is 2. The lowest BCUT2D eigenvalue weighted by molar-refractivity contribution is 0.473. The monoisotopic (exact) mass is 263 g/mol. The molecule has 2 rings (SSSR count). The van der Waals surface area contributed by atoms with Crippen LogP contribution in [0.1, 0.15) is 11.1 Å². The van der Waals surface area contributed by atoms with E-state index in [0.29, 0.717) is 5.02 Å². The molecular weight excluding hydrogens is 253 g/mol. The summed E-state index contributed by atoms with van der Waals surface area (Å²) in [7, 11) is 0. The van der Waals surface area contributed by atoms with Crippen molar-refractivity contribution < 1.29 is 5.11 Å². The first kappa shape index (κ1) is 10.8. The smallest absolute Gasteiger partial charge is 0.134 e. The van der Waals surface area contributed by atoms with Crippen LogP contribution >= 0.6 is 28.6 Å². The molecule has 0 bridgehead atoms. The minimum atomic E-state index is 0. The summed E-state index contributed by atoms with van der Waals surface area (Å²) in [5.74, 6) is 0.192. The topological polar surface area (TPSA) is 32.3 Å². The molecule has 72 valence electrons. The molecule has 0 atom stereocenters. The van der Waals surface area contributed by atoms with Crippen LogP contribution < -0.4 is 5.32 Å². The fourth-order valence-electron chi connectivity index (χ4n) is 1.52. The molecule has 1 aliphatic rings. The van der Waals surface area contributed by atoms with E-state index in [9.17, 15) is 5.11 Å². The summed E-state index contributed by atoms with van der Waals surface area (Å²) in [4.78, 5) is 0. The van der Waals surface area contributed by atoms with Crippen LogP contribution in [0.2, 0.25) is 5.02 Å². The van der Waals surface area contributed by atoms with Gasteiger partial charge in [-0.15, -0.1) is 17.0 Å². The SMILES string of the molecule is Br.Oc1ccc2c(c1Cl)CCNC2. The molecule has 0 aromatic heterocycles. The van der Waals surface area contributed by atoms with E-state index in [1.54, 1.807) is 6.07 Å². The van der Waals surface area contributed by atoms with Gasteiger partial charge in [0.15, 0.2) is 0 Å². The number of nitrogens with one attached hydrogen (secondary N) is 1. The van der Waals surface area contributed by atoms with Gasteiger partial charge in [0.05, 0.1) is 5.02 Å². The summed E-state index contributed by atoms with van der Waals surface area (Å²) < 4.78 is 0. The molecule has 0 radical (unpaired) electrons. The maximum absolute atomic E-state index is 9.32. The highest BCUT2D eigenvalue weighted by atomic mass is 79.9. The van der Waals surface area contributed by atoms with Gasteiger partial charge < -0.3 is 10.4 Å². The van der Waals surface area contributed by atoms with Gasteiger partial charge in [-0.25, -0.2) is 0 Å². The highest BCUT2D eigenvalue weighted by molar-refractivity contribution is 8.93. The summed E-state index contributed by atoms with van der Waals surface area (Å²) >= 11 is 5.93. The van der Waals surface area contributed by atoms with E-state index >= 15 is 0 Å². The summed E-state index contributed by atoms with van der Waals surface area (Å²) in [6, 6.07) is 3.57. The van der Waals surface area contributed by atoms with Crippen molar-refractivity contribution in [2.45, 2.75) is 13.0 Å². The molecule has 0 saturated carbocycles. The minimum absolute atomic E-state index is 0. The molecule has 0 spiro atoms. The van der Waals surface area contributed by atoms with Crippen LogP contribution in [0.5, 0.6) is 5.75 Å². The Kier molecular flexibility index (Phi) is 3.59. The molecule has 0 saturated heterocycles. The zero-order chi connectivity index (χ0) is 8.55. The zero-order valence-electron chi connectivity index (χ0n) is 7.01. The number of hydrogen-bond acceptors (Lipinski definition) is 2. The van der Waals surface area contributed by atoms with Gasteiger partial charge in [0.25, 0.3) is 0 Å². The maximum Gasteiger partial charge on any atom is 0.134 e. The lowest BCUT2D eigenvalue weighted by atomic mass is 10.0. The standard InChI is InChI=1S/C9H10ClNO.BrH/c10-9-7-3-4-11-5-6(7)1-2-8(9)12;/h1-2,11-12H,3-5H2;1H. The van der Waals surface area contributed by atoms with Crippen LogP contribution in [0.15, 0.2) is 12.1 Å². The van der Waals surface area contributed by atoms with Gasteiger partial charge in [0, 0.05) is 6.54 Å². The molecule has 0 aliphatic carbocycles. The molecule has 1 aromatic rings. The summed E-state index contributed by atoms with van der Waals surface area (Å²) in [6.45, 7) is 1.80. The normalized spacial score (nSPS) is 14.5. The lowest BCUT2D eigenvalue weighted by Crippen LogP contribution is -2.23. The third-order valence-electron chi connectivity index (χ3n) is 2.19. The van der Waals surface area contributed by atoms with E-state index in [2.05, 4.69) is 5.32 Å². The van der Waals surface area contributed by atoms with Crippen molar-refractivity contribution in [1.29, 1.82) is 0 Å². The van der Waals surface area contributed by atoms with Gasteiger partial charge >= 0.3 is 0 Å². The quantitative estimate of drug-likeness (QED) is 0.753. The van der Waals surface area contributed by atoms with E-state index in [1.807, 2.05) is 6.07 Å². The molecule has 0 amide bonds. The van der Waals surface area contributed by atoms with Crippen LogP contribution in [0, 0.1) is 0 Å². The fourth-order valence-corrected chi connectivity index (χ4v) is 1.80. The first-order valence-corrected chi connectivity index (χ1v) is 4.37. The average molecular weight is 265 g/mol. The van der Waals surface area contributed by atoms with Gasteiger partial charge in [-0.2, -0.15) is 0 Å². The Bertz CT molecular complexity index is 317. The third kappa shape index (κ3) is 1.98. The van der Waals surface area contributed by atoms with Crippen LogP contribution in [-0.4, -0.2) is 11.7 Å². The molecule has 4 heteroatoms. The highest BCUT2D eigenvalue weighted by Gasteiger charge is 2.13. The van der Waals surface area contributed by atoms with Crippen LogP contribution in [0.4, 0.5) is 0 Å². The largest absolute Gasteiger partial charge is 0.506 e. The van der Waals surface area contributed by atoms with Crippen molar-refractivity contribution in [3.8, 4) is 5.75 Å². The maximum atomic E-state index is 9.32. The van der Waals surface area contributed by atoms with Crippen molar-refractivity contribution in [3.63, 3.8) is 0 Å². The Morgan fingerprint density at radius 2 is 2.15 bits per heavy atom. The van der Waals surface area contributed by atoms with Gasteiger partial charge in [-0.05, 0) is 30.2 Å². The van der Waals surface area contributed by atoms with E-state index in [4.69, 9.17) is 11.6 Å². The van der Waals surface area contributed by atoms with Gasteiger partial charge in [0.2, 0.25) is 0 Å². The predicted molar refractivity (Wildman–Crippen MR) is 58.8 cm³/mol. The molecule has 1 heterocycles. The number of rotatable bonds is 0. The molecule has 0 fully saturated rings. The number of aromatic hydroxyl groups is 1. The second kappa shape index (κ2) is 4.31. The van der Waals surface area contributed by atoms with Crippen LogP contribution in [-0.2, 0) is 13.0 Å². The molecule has 1 aliphatic heterocycles. The summed E-state index contributed by atoms with van der Waals surface area (Å²) in [6.07, 6.45) is 0.905. The molecule has 2 nitrogen and oxygen atoms in total. The van der Waals surface area contributed by atoms with Crippen molar-refractivity contribution in [2.24, 2.45) is 0 Å². The summed E-state index contributed by atoms with van der Waals surface area (Å²) in [5.41, 5.74) is 2.29. The Morgan fingerprint density at radius 1 is 1.38 bits per heavy atom. The van der Waals surface area contributed by atoms with Crippen molar-refractivity contribution in [3.05, 3.63) is 28.3 Å². The van der Waals surface area contributed by atoms with E-state index < -0.39 is 0 Å². The molecule has 1 aromatic carbocycles. The van der Waals surface area contributed by atoms with Crippen molar-refractivity contribution >= 4 is 28.6 Å². The minimum Gasteiger partial charge on any atom is -0.506 e. The van der Waals surface area contributed by atoms with Crippen LogP contribution in [0.3, 0.4) is 0 Å². The molecular formula is C9H11BrClNO. The van der Waals surface area contributed by atoms with E-state index in [1.165, 1.54) is 5.56 Å². The predicted octanol–water partition coefficient (Wildman–Crippen LogP) is 2.27. The number of phenols is 1. The third-order valence-corrected chi connectivity index (χ3v) is 2.61. The number of benzene rings is 1. The summed E-state index contributed by atoms with van der Waals surface area (Å²) in [5, 5.41) is 13.1. The van der Waals surface area contributed by atoms with E-state index in [0.717, 1.165) is 25.1 Å². The Labute approximate surface area is 92.7 Å². The first-order valence-electron chi connectivity index (χ1n) is 3.99. The van der Waals surface area contributed by atoms with Crippen molar-refractivity contribution in [2.75, 3.05) is 6.54 Å². The van der Waals surface area contributed by atoms with Gasteiger partial charge in [-0.1, -0.05) is 17.7 Å². The second-order valence-corrected chi connectivity index (χ2v) is 3.34. The average Bonchev–Trinajstić information content (AvgIpc) is 2.12. The van der Waals surface area contributed by atoms with Gasteiger partial charge in [-0.3, -0.25) is 0 Å². The van der Waals surface area contributed by atoms with Gasteiger partial charge in [0.1, 0.15) is 5.75 Å². The van der Waals surface area contributed by atoms with E-state index in [-0.39, 0.29) is 22.7 Å². The fraction of sp³-hybridized carbons (Fsp3) is 0.333. The van der Waals surface area contributed by atoms with Crippen molar-refractivity contribution in [1.82, 2.24) is 5.32 Å². The molecule has 13 heavy (non-hydrogen) atoms. The zero-order valence-corrected chi connectivity index (χ0v) is 9.48.